The average Bonchev–Trinajstić information content (AvgIpc) is 3.71. The van der Waals surface area contributed by atoms with Crippen molar-refractivity contribution in [2.75, 3.05) is 64.0 Å². The molecule has 0 radical (unpaired) electrons. The Labute approximate surface area is 291 Å². The van der Waals surface area contributed by atoms with Crippen molar-refractivity contribution < 1.29 is 29.0 Å². The molecule has 1 spiro atoms. The quantitative estimate of drug-likeness (QED) is 0.237. The number of alkyl halides is 1. The van der Waals surface area contributed by atoms with Gasteiger partial charge in [0.2, 0.25) is 17.7 Å². The van der Waals surface area contributed by atoms with E-state index in [1.54, 1.807) is 26.9 Å². The lowest BCUT2D eigenvalue weighted by Gasteiger charge is -2.40. The predicted octanol–water partition coefficient (Wildman–Crippen LogP) is 2.90. The fourth-order valence-electron chi connectivity index (χ4n) is 8.11. The van der Waals surface area contributed by atoms with Gasteiger partial charge in [-0.3, -0.25) is 19.3 Å². The van der Waals surface area contributed by atoms with E-state index < -0.39 is 35.6 Å². The van der Waals surface area contributed by atoms with Gasteiger partial charge in [-0.15, -0.1) is 13.2 Å². The number of morpholine rings is 1. The highest BCUT2D eigenvalue weighted by Crippen LogP contribution is 2.61. The number of fused-ring (bicyclic) bond motifs is 1. The monoisotopic (exact) mass is 720 g/mol. The van der Waals surface area contributed by atoms with Gasteiger partial charge in [-0.1, -0.05) is 76.6 Å². The Balaban J connectivity index is 1.39. The Kier molecular flexibility index (Phi) is 10.8. The van der Waals surface area contributed by atoms with Gasteiger partial charge in [0.1, 0.15) is 11.6 Å². The van der Waals surface area contributed by atoms with Crippen LogP contribution < -0.4 is 4.90 Å². The summed E-state index contributed by atoms with van der Waals surface area (Å²) >= 11 is 3.80. The lowest BCUT2D eigenvalue weighted by atomic mass is 9.70. The Morgan fingerprint density at radius 3 is 2.33 bits per heavy atom. The van der Waals surface area contributed by atoms with E-state index in [1.807, 2.05) is 60.7 Å². The highest BCUT2D eigenvalue weighted by Gasteiger charge is 2.77. The van der Waals surface area contributed by atoms with Crippen LogP contribution in [0.2, 0.25) is 0 Å². The molecule has 0 saturated carbocycles. The van der Waals surface area contributed by atoms with Crippen LogP contribution in [0, 0.1) is 11.8 Å². The number of nitrogens with zero attached hydrogens (tertiary/aromatic N) is 4. The predicted molar refractivity (Wildman–Crippen MR) is 187 cm³/mol. The lowest BCUT2D eigenvalue weighted by molar-refractivity contribution is -0.151. The summed E-state index contributed by atoms with van der Waals surface area (Å²) in [5.41, 5.74) is 0.363. The molecule has 256 valence electrons. The number of hydrogen-bond donors (Lipinski definition) is 1. The van der Waals surface area contributed by atoms with Gasteiger partial charge >= 0.3 is 0 Å². The van der Waals surface area contributed by atoms with Crippen LogP contribution in [0.3, 0.4) is 0 Å². The summed E-state index contributed by atoms with van der Waals surface area (Å²) in [5.74, 6) is -2.58. The van der Waals surface area contributed by atoms with Crippen LogP contribution in [0.5, 0.6) is 0 Å². The summed E-state index contributed by atoms with van der Waals surface area (Å²) in [6, 6.07) is 17.2. The van der Waals surface area contributed by atoms with Gasteiger partial charge in [-0.25, -0.2) is 0 Å². The first-order valence-corrected chi connectivity index (χ1v) is 17.7. The first-order valence-electron chi connectivity index (χ1n) is 16.8. The van der Waals surface area contributed by atoms with Crippen molar-refractivity contribution in [2.24, 2.45) is 11.8 Å². The van der Waals surface area contributed by atoms with Crippen molar-refractivity contribution in [3.05, 3.63) is 91.5 Å². The number of aliphatic hydroxyl groups is 1. The highest BCUT2D eigenvalue weighted by atomic mass is 79.9. The smallest absolute Gasteiger partial charge is 0.248 e. The van der Waals surface area contributed by atoms with Crippen molar-refractivity contribution in [3.8, 4) is 0 Å². The maximum Gasteiger partial charge on any atom is 0.248 e. The number of ether oxygens (including phenoxy) is 2. The number of carbonyl (C=O) groups excluding carboxylic acids is 3. The number of carbonyl (C=O) groups is 3. The second-order valence-corrected chi connectivity index (χ2v) is 14.2. The fourth-order valence-corrected chi connectivity index (χ4v) is 9.05. The third-order valence-electron chi connectivity index (χ3n) is 10.3. The Hall–Kier alpha value is -3.35. The Bertz CT molecular complexity index is 1470. The number of anilines is 1. The third-order valence-corrected chi connectivity index (χ3v) is 11.1. The number of para-hydroxylation sites is 1. The fraction of sp³-hybridized carbons (Fsp3) is 0.486. The van der Waals surface area contributed by atoms with Gasteiger partial charge in [0, 0.05) is 49.8 Å². The third kappa shape index (κ3) is 6.38. The van der Waals surface area contributed by atoms with Crippen molar-refractivity contribution in [1.82, 2.24) is 14.7 Å². The first-order chi connectivity index (χ1) is 23.3. The SMILES string of the molecule is C=CCN(CCN1CCOCC1)C(=O)C1N([C@@H](CO)Cc2ccccc2)C(=O)[C@@H]2[C@H](C(=O)N(CC=C)c3ccccc3)[C@H]3OC12CC3Br. The molecule has 2 bridgehead atoms. The molecule has 4 aliphatic heterocycles. The van der Waals surface area contributed by atoms with Gasteiger partial charge in [0.25, 0.3) is 0 Å². The van der Waals surface area contributed by atoms with Crippen LogP contribution >= 0.6 is 15.9 Å². The molecular weight excluding hydrogens is 676 g/mol. The van der Waals surface area contributed by atoms with Crippen LogP contribution in [-0.2, 0) is 30.3 Å². The zero-order valence-electron chi connectivity index (χ0n) is 27.2. The Morgan fingerprint density at radius 2 is 1.69 bits per heavy atom. The summed E-state index contributed by atoms with van der Waals surface area (Å²) < 4.78 is 12.3. The first kappa shape index (κ1) is 34.5. The van der Waals surface area contributed by atoms with Crippen molar-refractivity contribution >= 4 is 39.3 Å². The topological polar surface area (TPSA) is 103 Å². The summed E-state index contributed by atoms with van der Waals surface area (Å²) in [7, 11) is 0. The van der Waals surface area contributed by atoms with E-state index in [2.05, 4.69) is 34.0 Å². The number of likely N-dealkylation sites (tertiary alicyclic amines) is 1. The van der Waals surface area contributed by atoms with E-state index in [0.717, 1.165) is 18.7 Å². The average molecular weight is 722 g/mol. The summed E-state index contributed by atoms with van der Waals surface area (Å²) in [4.78, 5) is 51.4. The minimum absolute atomic E-state index is 0.248. The number of benzene rings is 2. The molecule has 4 heterocycles. The number of aliphatic hydroxyl groups excluding tert-OH is 1. The minimum Gasteiger partial charge on any atom is -0.394 e. The largest absolute Gasteiger partial charge is 0.394 e. The summed E-state index contributed by atoms with van der Waals surface area (Å²) in [5, 5.41) is 10.9. The number of halogens is 1. The van der Waals surface area contributed by atoms with Gasteiger partial charge in [0.05, 0.1) is 43.8 Å². The number of amides is 3. The van der Waals surface area contributed by atoms with E-state index in [-0.39, 0.29) is 42.2 Å². The van der Waals surface area contributed by atoms with E-state index in [4.69, 9.17) is 9.47 Å². The molecule has 6 rings (SSSR count). The van der Waals surface area contributed by atoms with Gasteiger partial charge in [-0.05, 0) is 30.5 Å². The molecule has 10 nitrogen and oxygen atoms in total. The molecule has 3 amide bonds. The minimum atomic E-state index is -1.26. The van der Waals surface area contributed by atoms with E-state index in [0.29, 0.717) is 44.8 Å². The van der Waals surface area contributed by atoms with Crippen LogP contribution in [0.25, 0.3) is 0 Å². The molecule has 4 saturated heterocycles. The molecule has 7 atom stereocenters. The molecule has 48 heavy (non-hydrogen) atoms. The maximum atomic E-state index is 15.0. The molecular formula is C37H45BrN4O6. The molecule has 3 unspecified atom stereocenters. The zero-order chi connectivity index (χ0) is 33.8. The molecule has 1 N–H and O–H groups in total. The standard InChI is InChI=1S/C37H45BrN4O6/c1-3-15-40(18-17-39-19-21-47-22-20-39)36(46)33-37-24-29(38)32(48-37)30(34(44)41(16-4-2)27-13-9-6-10-14-27)31(37)35(45)42(33)28(25-43)23-26-11-7-5-8-12-26/h3-14,28-33,43H,1-2,15-25H2/t28-,29?,30+,31+,32+,33?,37?/m1/s1. The van der Waals surface area contributed by atoms with Crippen molar-refractivity contribution in [1.29, 1.82) is 0 Å². The molecule has 2 aromatic rings. The zero-order valence-corrected chi connectivity index (χ0v) is 28.8. The molecule has 4 aliphatic rings. The molecule has 4 fully saturated rings. The second kappa shape index (κ2) is 15.0. The molecule has 0 aromatic heterocycles. The van der Waals surface area contributed by atoms with Crippen molar-refractivity contribution in [2.45, 2.75) is 41.5 Å². The Morgan fingerprint density at radius 1 is 1.02 bits per heavy atom. The second-order valence-electron chi connectivity index (χ2n) is 13.0. The molecule has 11 heteroatoms. The number of rotatable bonds is 14. The van der Waals surface area contributed by atoms with Crippen LogP contribution in [0.15, 0.2) is 86.0 Å². The van der Waals surface area contributed by atoms with E-state index >= 15 is 0 Å². The van der Waals surface area contributed by atoms with E-state index in [9.17, 15) is 19.5 Å². The van der Waals surface area contributed by atoms with Gasteiger partial charge in [-0.2, -0.15) is 0 Å². The van der Waals surface area contributed by atoms with Crippen LogP contribution in [-0.4, -0.2) is 125 Å². The summed E-state index contributed by atoms with van der Waals surface area (Å²) in [6.07, 6.45) is 3.48. The maximum absolute atomic E-state index is 15.0. The molecule has 2 aromatic carbocycles. The summed E-state index contributed by atoms with van der Waals surface area (Å²) in [6.45, 7) is 11.9. The lowest BCUT2D eigenvalue weighted by Crippen LogP contribution is -2.60. The molecule has 0 aliphatic carbocycles. The van der Waals surface area contributed by atoms with Crippen molar-refractivity contribution in [3.63, 3.8) is 0 Å². The van der Waals surface area contributed by atoms with Gasteiger partial charge in [0.15, 0.2) is 0 Å². The van der Waals surface area contributed by atoms with Crippen LogP contribution in [0.1, 0.15) is 12.0 Å². The van der Waals surface area contributed by atoms with E-state index in [1.165, 1.54) is 0 Å². The van der Waals surface area contributed by atoms with Crippen LogP contribution in [0.4, 0.5) is 5.69 Å². The highest BCUT2D eigenvalue weighted by molar-refractivity contribution is 9.09. The normalized spacial score (nSPS) is 28.6. The number of hydrogen-bond acceptors (Lipinski definition) is 7. The van der Waals surface area contributed by atoms with Gasteiger partial charge < -0.3 is 29.3 Å².